The minimum absolute atomic E-state index is 0.0877. The molecule has 0 aliphatic carbocycles. The van der Waals surface area contributed by atoms with E-state index in [-0.39, 0.29) is 5.91 Å². The Balaban J connectivity index is 1.76. The van der Waals surface area contributed by atoms with E-state index in [0.717, 1.165) is 17.8 Å². The van der Waals surface area contributed by atoms with E-state index in [0.29, 0.717) is 19.0 Å². The van der Waals surface area contributed by atoms with E-state index in [1.54, 1.807) is 0 Å². The highest BCUT2D eigenvalue weighted by Crippen LogP contribution is 2.20. The van der Waals surface area contributed by atoms with Crippen LogP contribution in [0.4, 0.5) is 4.79 Å². The van der Waals surface area contributed by atoms with Crippen molar-refractivity contribution in [2.45, 2.75) is 32.8 Å². The lowest BCUT2D eigenvalue weighted by molar-refractivity contribution is 0.0520. The molecule has 1 unspecified atom stereocenters. The van der Waals surface area contributed by atoms with E-state index in [4.69, 9.17) is 4.74 Å². The van der Waals surface area contributed by atoms with Gasteiger partial charge in [-0.3, -0.25) is 4.79 Å². The van der Waals surface area contributed by atoms with Crippen molar-refractivity contribution >= 4 is 23.3 Å². The van der Waals surface area contributed by atoms with Crippen molar-refractivity contribution in [2.75, 3.05) is 19.6 Å². The van der Waals surface area contributed by atoms with Crippen LogP contribution in [0.15, 0.2) is 17.5 Å². The number of likely N-dealkylation sites (tertiary alicyclic amines) is 1. The molecular formula is C15H22N2O3S. The molecule has 1 atom stereocenters. The molecule has 2 amide bonds. The third-order valence-electron chi connectivity index (χ3n) is 3.24. The summed E-state index contributed by atoms with van der Waals surface area (Å²) < 4.78 is 5.20. The van der Waals surface area contributed by atoms with Gasteiger partial charge in [0.15, 0.2) is 0 Å². The summed E-state index contributed by atoms with van der Waals surface area (Å²) in [4.78, 5) is 26.4. The molecule has 21 heavy (non-hydrogen) atoms. The van der Waals surface area contributed by atoms with Crippen LogP contribution in [0, 0.1) is 5.92 Å². The summed E-state index contributed by atoms with van der Waals surface area (Å²) in [7, 11) is 0. The van der Waals surface area contributed by atoms with E-state index in [1.165, 1.54) is 11.3 Å². The topological polar surface area (TPSA) is 58.6 Å². The first-order valence-electron chi connectivity index (χ1n) is 7.15. The van der Waals surface area contributed by atoms with Gasteiger partial charge in [0.1, 0.15) is 5.60 Å². The molecule has 1 fully saturated rings. The number of carbonyl (C=O) groups is 2. The summed E-state index contributed by atoms with van der Waals surface area (Å²) in [6.45, 7) is 7.49. The molecule has 5 nitrogen and oxygen atoms in total. The highest BCUT2D eigenvalue weighted by atomic mass is 32.1. The van der Waals surface area contributed by atoms with Gasteiger partial charge in [-0.2, -0.15) is 0 Å². The highest BCUT2D eigenvalue weighted by molar-refractivity contribution is 7.12. The Morgan fingerprint density at radius 2 is 2.24 bits per heavy atom. The van der Waals surface area contributed by atoms with Gasteiger partial charge < -0.3 is 15.0 Å². The number of hydrogen-bond donors (Lipinski definition) is 1. The summed E-state index contributed by atoms with van der Waals surface area (Å²) in [5.41, 5.74) is -0.485. The molecule has 116 valence electrons. The standard InChI is InChI=1S/C15H22N2O3S/c1-15(2,3)20-14(19)16-9-11-6-7-17(10-11)13(18)12-5-4-8-21-12/h4-5,8,11H,6-7,9-10H2,1-3H3,(H,16,19). The fourth-order valence-corrected chi connectivity index (χ4v) is 2.97. The van der Waals surface area contributed by atoms with Crippen LogP contribution in [0.5, 0.6) is 0 Å². The third-order valence-corrected chi connectivity index (χ3v) is 4.10. The lowest BCUT2D eigenvalue weighted by Gasteiger charge is -2.20. The molecule has 1 aromatic heterocycles. The summed E-state index contributed by atoms with van der Waals surface area (Å²) in [6, 6.07) is 3.73. The molecular weight excluding hydrogens is 288 g/mol. The predicted molar refractivity (Wildman–Crippen MR) is 82.6 cm³/mol. The molecule has 0 aromatic carbocycles. The predicted octanol–water partition coefficient (Wildman–Crippen LogP) is 2.73. The van der Waals surface area contributed by atoms with Crippen molar-refractivity contribution in [3.63, 3.8) is 0 Å². The summed E-state index contributed by atoms with van der Waals surface area (Å²) >= 11 is 1.46. The number of ether oxygens (including phenoxy) is 1. The molecule has 1 saturated heterocycles. The molecule has 1 aliphatic rings. The second-order valence-electron chi connectivity index (χ2n) is 6.27. The first-order valence-corrected chi connectivity index (χ1v) is 8.03. The number of nitrogens with zero attached hydrogens (tertiary/aromatic N) is 1. The van der Waals surface area contributed by atoms with Crippen LogP contribution < -0.4 is 5.32 Å². The van der Waals surface area contributed by atoms with Crippen LogP contribution in [-0.2, 0) is 4.74 Å². The van der Waals surface area contributed by atoms with Gasteiger partial charge in [-0.25, -0.2) is 4.79 Å². The van der Waals surface area contributed by atoms with Gasteiger partial charge >= 0.3 is 6.09 Å². The number of rotatable bonds is 3. The lowest BCUT2D eigenvalue weighted by Crippen LogP contribution is -2.36. The maximum atomic E-state index is 12.2. The number of alkyl carbamates (subject to hydrolysis) is 1. The van der Waals surface area contributed by atoms with E-state index in [9.17, 15) is 9.59 Å². The van der Waals surface area contributed by atoms with Crippen LogP contribution in [0.1, 0.15) is 36.9 Å². The van der Waals surface area contributed by atoms with Gasteiger partial charge in [0.25, 0.3) is 5.91 Å². The van der Waals surface area contributed by atoms with Gasteiger partial charge in [-0.05, 0) is 44.6 Å². The quantitative estimate of drug-likeness (QED) is 0.934. The van der Waals surface area contributed by atoms with Crippen LogP contribution in [-0.4, -0.2) is 42.1 Å². The van der Waals surface area contributed by atoms with Gasteiger partial charge in [0, 0.05) is 19.6 Å². The molecule has 0 saturated carbocycles. The smallest absolute Gasteiger partial charge is 0.407 e. The van der Waals surface area contributed by atoms with Crippen molar-refractivity contribution < 1.29 is 14.3 Å². The molecule has 2 heterocycles. The minimum atomic E-state index is -0.485. The number of hydrogen-bond acceptors (Lipinski definition) is 4. The van der Waals surface area contributed by atoms with Crippen LogP contribution in [0.25, 0.3) is 0 Å². The van der Waals surface area contributed by atoms with Crippen molar-refractivity contribution in [2.24, 2.45) is 5.92 Å². The van der Waals surface area contributed by atoms with Crippen molar-refractivity contribution in [3.05, 3.63) is 22.4 Å². The second kappa shape index (κ2) is 6.47. The largest absolute Gasteiger partial charge is 0.444 e. The molecule has 1 N–H and O–H groups in total. The van der Waals surface area contributed by atoms with E-state index in [2.05, 4.69) is 5.32 Å². The second-order valence-corrected chi connectivity index (χ2v) is 7.21. The zero-order chi connectivity index (χ0) is 15.5. The van der Waals surface area contributed by atoms with E-state index < -0.39 is 11.7 Å². The average Bonchev–Trinajstić information content (AvgIpc) is 3.05. The zero-order valence-corrected chi connectivity index (χ0v) is 13.5. The minimum Gasteiger partial charge on any atom is -0.444 e. The van der Waals surface area contributed by atoms with Gasteiger partial charge in [-0.1, -0.05) is 6.07 Å². The fourth-order valence-electron chi connectivity index (χ4n) is 2.28. The lowest BCUT2D eigenvalue weighted by atomic mass is 10.1. The Morgan fingerprint density at radius 3 is 2.86 bits per heavy atom. The SMILES string of the molecule is CC(C)(C)OC(=O)NCC1CCN(C(=O)c2cccs2)C1. The van der Waals surface area contributed by atoms with E-state index in [1.807, 2.05) is 43.2 Å². The number of thiophene rings is 1. The van der Waals surface area contributed by atoms with Crippen molar-refractivity contribution in [3.8, 4) is 0 Å². The summed E-state index contributed by atoms with van der Waals surface area (Å²) in [6.07, 6.45) is 0.512. The van der Waals surface area contributed by atoms with Crippen LogP contribution in [0.2, 0.25) is 0 Å². The number of amides is 2. The Morgan fingerprint density at radius 1 is 1.48 bits per heavy atom. The highest BCUT2D eigenvalue weighted by Gasteiger charge is 2.28. The Hall–Kier alpha value is -1.56. The van der Waals surface area contributed by atoms with Crippen LogP contribution >= 0.6 is 11.3 Å². The Labute approximate surface area is 129 Å². The molecule has 0 radical (unpaired) electrons. The number of nitrogens with one attached hydrogen (secondary N) is 1. The van der Waals surface area contributed by atoms with Crippen LogP contribution in [0.3, 0.4) is 0 Å². The Bertz CT molecular complexity index is 494. The average molecular weight is 310 g/mol. The first-order chi connectivity index (χ1) is 9.85. The van der Waals surface area contributed by atoms with Crippen molar-refractivity contribution in [1.82, 2.24) is 10.2 Å². The fraction of sp³-hybridized carbons (Fsp3) is 0.600. The molecule has 0 spiro atoms. The molecule has 0 bridgehead atoms. The summed E-state index contributed by atoms with van der Waals surface area (Å²) in [5.74, 6) is 0.381. The third kappa shape index (κ3) is 4.74. The number of carbonyl (C=O) groups excluding carboxylic acids is 2. The van der Waals surface area contributed by atoms with Gasteiger partial charge in [-0.15, -0.1) is 11.3 Å². The Kier molecular flexibility index (Phi) is 4.88. The summed E-state index contributed by atoms with van der Waals surface area (Å²) in [5, 5.41) is 4.69. The monoisotopic (exact) mass is 310 g/mol. The van der Waals surface area contributed by atoms with Gasteiger partial charge in [0.2, 0.25) is 0 Å². The van der Waals surface area contributed by atoms with Gasteiger partial charge in [0.05, 0.1) is 4.88 Å². The molecule has 1 aromatic rings. The normalized spacial score (nSPS) is 18.6. The molecule has 6 heteroatoms. The molecule has 1 aliphatic heterocycles. The van der Waals surface area contributed by atoms with E-state index >= 15 is 0 Å². The maximum absolute atomic E-state index is 12.2. The van der Waals surface area contributed by atoms with Crippen molar-refractivity contribution in [1.29, 1.82) is 0 Å². The zero-order valence-electron chi connectivity index (χ0n) is 12.7. The maximum Gasteiger partial charge on any atom is 0.407 e. The first kappa shape index (κ1) is 15.8. The molecule has 2 rings (SSSR count).